The third kappa shape index (κ3) is 4.48. The van der Waals surface area contributed by atoms with E-state index in [0.29, 0.717) is 47.8 Å². The lowest BCUT2D eigenvalue weighted by Gasteiger charge is -2.37. The summed E-state index contributed by atoms with van der Waals surface area (Å²) < 4.78 is 23.4. The molecule has 1 saturated heterocycles. The van der Waals surface area contributed by atoms with E-state index in [0.717, 1.165) is 29.7 Å². The summed E-state index contributed by atoms with van der Waals surface area (Å²) in [4.78, 5) is 28.0. The molecule has 5 rings (SSSR count). The van der Waals surface area contributed by atoms with Crippen molar-refractivity contribution in [2.24, 2.45) is 0 Å². The summed E-state index contributed by atoms with van der Waals surface area (Å²) in [6.07, 6.45) is 6.73. The number of nitrogens with zero attached hydrogens (tertiary/aromatic N) is 6. The number of aromatic amines is 1. The van der Waals surface area contributed by atoms with Crippen LogP contribution in [0.3, 0.4) is 0 Å². The van der Waals surface area contributed by atoms with Crippen LogP contribution in [-0.2, 0) is 4.79 Å². The fourth-order valence-electron chi connectivity index (χ4n) is 5.32. The molecular weight excluding hydrogens is 475 g/mol. The van der Waals surface area contributed by atoms with Gasteiger partial charge in [-0.15, -0.1) is 0 Å². The molecule has 0 aliphatic carbocycles. The highest BCUT2D eigenvalue weighted by molar-refractivity contribution is 5.93. The number of rotatable bonds is 7. The minimum absolute atomic E-state index is 0.00634. The van der Waals surface area contributed by atoms with Gasteiger partial charge in [0.05, 0.1) is 31.1 Å². The fraction of sp³-hybridized carbons (Fsp3) is 0.462. The Bertz CT molecular complexity index is 1440. The van der Waals surface area contributed by atoms with Gasteiger partial charge in [0, 0.05) is 43.3 Å². The lowest BCUT2D eigenvalue weighted by Crippen LogP contribution is -2.46. The summed E-state index contributed by atoms with van der Waals surface area (Å²) in [6, 6.07) is 2.17. The first-order valence-corrected chi connectivity index (χ1v) is 12.6. The van der Waals surface area contributed by atoms with Crippen molar-refractivity contribution >= 4 is 28.3 Å². The fourth-order valence-corrected chi connectivity index (χ4v) is 5.32. The van der Waals surface area contributed by atoms with E-state index in [1.165, 1.54) is 6.33 Å². The number of methoxy groups -OCH3 is 1. The lowest BCUT2D eigenvalue weighted by molar-refractivity contribution is -0.122. The molecule has 0 radical (unpaired) electrons. The maximum absolute atomic E-state index is 16.2. The lowest BCUT2D eigenvalue weighted by atomic mass is 9.96. The number of halogens is 1. The van der Waals surface area contributed by atoms with Gasteiger partial charge >= 0.3 is 0 Å². The van der Waals surface area contributed by atoms with Gasteiger partial charge in [0.2, 0.25) is 5.91 Å². The van der Waals surface area contributed by atoms with Crippen LogP contribution in [0.5, 0.6) is 5.75 Å². The second-order valence-corrected chi connectivity index (χ2v) is 9.88. The molecule has 0 bridgehead atoms. The molecule has 2 N–H and O–H groups in total. The van der Waals surface area contributed by atoms with Crippen LogP contribution in [0, 0.1) is 5.82 Å². The van der Waals surface area contributed by atoms with E-state index >= 15 is 4.39 Å². The molecule has 0 aromatic carbocycles. The van der Waals surface area contributed by atoms with Gasteiger partial charge in [-0.25, -0.2) is 18.9 Å². The van der Waals surface area contributed by atoms with E-state index in [2.05, 4.69) is 44.1 Å². The quantitative estimate of drug-likeness (QED) is 0.395. The maximum Gasteiger partial charge on any atom is 0.233 e. The molecule has 37 heavy (non-hydrogen) atoms. The molecule has 1 fully saturated rings. The van der Waals surface area contributed by atoms with Crippen molar-refractivity contribution < 1.29 is 13.9 Å². The summed E-state index contributed by atoms with van der Waals surface area (Å²) >= 11 is 0. The molecule has 0 saturated carbocycles. The number of amides is 1. The Kier molecular flexibility index (Phi) is 6.72. The van der Waals surface area contributed by atoms with Crippen molar-refractivity contribution in [3.8, 4) is 17.0 Å². The van der Waals surface area contributed by atoms with Crippen LogP contribution in [0.2, 0.25) is 0 Å². The van der Waals surface area contributed by atoms with E-state index in [1.807, 2.05) is 24.2 Å². The van der Waals surface area contributed by atoms with Gasteiger partial charge in [-0.3, -0.25) is 9.69 Å². The summed E-state index contributed by atoms with van der Waals surface area (Å²) in [5, 5.41) is 7.50. The number of likely N-dealkylation sites (N-methyl/N-ethyl adjacent to an activating group) is 2. The van der Waals surface area contributed by atoms with Gasteiger partial charge < -0.3 is 19.9 Å². The summed E-state index contributed by atoms with van der Waals surface area (Å²) in [7, 11) is 5.20. The SMILES string of the molecule is CNC(=O)CN(C)C1CCN(c2ncc3[nH]c(-c4cc(OC)c5ncnn5c4)c(C(C)C)c3c2F)CC1. The number of hydrogen-bond acceptors (Lipinski definition) is 7. The van der Waals surface area contributed by atoms with Gasteiger partial charge in [0.1, 0.15) is 6.33 Å². The topological polar surface area (TPSA) is 104 Å². The van der Waals surface area contributed by atoms with Crippen molar-refractivity contribution in [3.63, 3.8) is 0 Å². The first-order chi connectivity index (χ1) is 17.8. The zero-order valence-electron chi connectivity index (χ0n) is 21.9. The standard InChI is InChI=1S/C26H33FN8O2/c1-15(2)21-22-18(32-24(21)16-10-19(37-5)25-30-14-31-35(25)12-16)11-29-26(23(22)27)34-8-6-17(7-9-34)33(4)13-20(36)28-3/h10-12,14-15,17,32H,6-9,13H2,1-5H3,(H,28,36). The second-order valence-electron chi connectivity index (χ2n) is 9.88. The van der Waals surface area contributed by atoms with Gasteiger partial charge in [-0.1, -0.05) is 13.8 Å². The van der Waals surface area contributed by atoms with Crippen molar-refractivity contribution in [3.05, 3.63) is 36.2 Å². The third-order valence-corrected chi connectivity index (χ3v) is 7.29. The van der Waals surface area contributed by atoms with Gasteiger partial charge in [0.25, 0.3) is 0 Å². The third-order valence-electron chi connectivity index (χ3n) is 7.29. The predicted octanol–water partition coefficient (Wildman–Crippen LogP) is 3.19. The van der Waals surface area contributed by atoms with Gasteiger partial charge in [-0.05, 0) is 37.4 Å². The Labute approximate surface area is 214 Å². The molecule has 1 amide bonds. The van der Waals surface area contributed by atoms with E-state index in [9.17, 15) is 4.79 Å². The smallest absolute Gasteiger partial charge is 0.233 e. The van der Waals surface area contributed by atoms with Crippen LogP contribution in [0.4, 0.5) is 10.2 Å². The number of pyridine rings is 2. The minimum Gasteiger partial charge on any atom is -0.493 e. The molecule has 1 aliphatic rings. The summed E-state index contributed by atoms with van der Waals surface area (Å²) in [5.41, 5.74) is 3.80. The first kappa shape index (κ1) is 24.9. The number of anilines is 1. The molecule has 0 spiro atoms. The van der Waals surface area contributed by atoms with E-state index in [1.54, 1.807) is 24.9 Å². The Balaban J connectivity index is 1.49. The average Bonchev–Trinajstić information content (AvgIpc) is 3.53. The largest absolute Gasteiger partial charge is 0.493 e. The first-order valence-electron chi connectivity index (χ1n) is 12.6. The molecule has 196 valence electrons. The number of nitrogens with one attached hydrogen (secondary N) is 2. The predicted molar refractivity (Wildman–Crippen MR) is 141 cm³/mol. The second kappa shape index (κ2) is 9.97. The van der Waals surface area contributed by atoms with Crippen LogP contribution in [-0.4, -0.2) is 82.3 Å². The molecule has 1 aliphatic heterocycles. The van der Waals surface area contributed by atoms with Crippen LogP contribution in [0.1, 0.15) is 38.2 Å². The van der Waals surface area contributed by atoms with E-state index in [4.69, 9.17) is 4.74 Å². The molecule has 10 nitrogen and oxygen atoms in total. The highest BCUT2D eigenvalue weighted by atomic mass is 19.1. The number of ether oxygens (including phenoxy) is 1. The number of carbonyl (C=O) groups is 1. The monoisotopic (exact) mass is 508 g/mol. The molecule has 0 unspecified atom stereocenters. The Morgan fingerprint density at radius 1 is 1.32 bits per heavy atom. The van der Waals surface area contributed by atoms with E-state index in [-0.39, 0.29) is 23.7 Å². The normalized spacial score (nSPS) is 14.9. The van der Waals surface area contributed by atoms with Crippen LogP contribution >= 0.6 is 0 Å². The number of piperidine rings is 1. The van der Waals surface area contributed by atoms with Gasteiger partial charge in [-0.2, -0.15) is 5.10 Å². The van der Waals surface area contributed by atoms with Crippen LogP contribution in [0.15, 0.2) is 24.8 Å². The molecule has 5 heterocycles. The molecule has 11 heteroatoms. The zero-order valence-corrected chi connectivity index (χ0v) is 21.9. The van der Waals surface area contributed by atoms with Crippen molar-refractivity contribution in [2.45, 2.75) is 38.6 Å². The van der Waals surface area contributed by atoms with Crippen molar-refractivity contribution in [2.75, 3.05) is 45.7 Å². The van der Waals surface area contributed by atoms with Crippen molar-refractivity contribution in [1.82, 2.24) is 34.8 Å². The number of fused-ring (bicyclic) bond motifs is 2. The average molecular weight is 509 g/mol. The molecule has 4 aromatic heterocycles. The minimum atomic E-state index is -0.310. The summed E-state index contributed by atoms with van der Waals surface area (Å²) in [5.74, 6) is 0.696. The number of H-pyrrole nitrogens is 1. The van der Waals surface area contributed by atoms with Crippen molar-refractivity contribution in [1.29, 1.82) is 0 Å². The molecule has 4 aromatic rings. The summed E-state index contributed by atoms with van der Waals surface area (Å²) in [6.45, 7) is 5.82. The number of carbonyl (C=O) groups excluding carboxylic acids is 1. The van der Waals surface area contributed by atoms with Crippen LogP contribution < -0.4 is 15.0 Å². The number of hydrogen-bond donors (Lipinski definition) is 2. The molecular formula is C26H33FN8O2. The highest BCUT2D eigenvalue weighted by Crippen LogP contribution is 2.40. The van der Waals surface area contributed by atoms with Crippen LogP contribution in [0.25, 0.3) is 27.8 Å². The zero-order chi connectivity index (χ0) is 26.3. The molecule has 0 atom stereocenters. The Morgan fingerprint density at radius 3 is 2.76 bits per heavy atom. The Hall–Kier alpha value is -3.73. The Morgan fingerprint density at radius 2 is 2.08 bits per heavy atom. The van der Waals surface area contributed by atoms with Gasteiger partial charge in [0.15, 0.2) is 23.0 Å². The highest BCUT2D eigenvalue weighted by Gasteiger charge is 2.28. The number of aromatic nitrogens is 5. The van der Waals surface area contributed by atoms with E-state index < -0.39 is 0 Å². The maximum atomic E-state index is 16.2.